The van der Waals surface area contributed by atoms with Crippen LogP contribution in [-0.4, -0.2) is 0 Å². The number of hydrogen-bond donors (Lipinski definition) is 0. The molecule has 0 saturated carbocycles. The highest BCUT2D eigenvalue weighted by Gasteiger charge is 2.07. The fourth-order valence-electron chi connectivity index (χ4n) is 1.68. The van der Waals surface area contributed by atoms with Gasteiger partial charge in [0.2, 0.25) is 0 Å². The quantitative estimate of drug-likeness (QED) is 0.563. The molecule has 1 nitrogen and oxygen atoms in total. The van der Waals surface area contributed by atoms with Crippen LogP contribution in [0.3, 0.4) is 0 Å². The Morgan fingerprint density at radius 3 is 1.37 bits per heavy atom. The molecular formula is C18H14O. The fraction of sp³-hybridized carbons (Fsp3) is 0. The van der Waals surface area contributed by atoms with E-state index in [4.69, 9.17) is 4.74 Å². The zero-order valence-electron chi connectivity index (χ0n) is 10.6. The third kappa shape index (κ3) is 3.14. The Bertz CT molecular complexity index is 581. The maximum absolute atomic E-state index is 5.81. The molecule has 0 unspecified atom stereocenters. The summed E-state index contributed by atoms with van der Waals surface area (Å²) >= 11 is 0. The largest absolute Gasteiger partial charge is 0.440 e. The molecule has 19 heavy (non-hydrogen) atoms. The van der Waals surface area contributed by atoms with Crippen LogP contribution >= 0.6 is 0 Å². The van der Waals surface area contributed by atoms with Gasteiger partial charge < -0.3 is 4.74 Å². The summed E-state index contributed by atoms with van der Waals surface area (Å²) < 4.78 is 5.81. The fourth-order valence-corrected chi connectivity index (χ4v) is 1.68. The van der Waals surface area contributed by atoms with Crippen LogP contribution in [0.25, 0.3) is 11.5 Å². The van der Waals surface area contributed by atoms with E-state index in [1.807, 2.05) is 60.7 Å². The van der Waals surface area contributed by atoms with E-state index in [1.165, 1.54) is 0 Å². The summed E-state index contributed by atoms with van der Waals surface area (Å²) in [5.41, 5.74) is 7.45. The van der Waals surface area contributed by atoms with Gasteiger partial charge in [-0.1, -0.05) is 85.3 Å². The Morgan fingerprint density at radius 2 is 1.05 bits per heavy atom. The van der Waals surface area contributed by atoms with Crippen LogP contribution in [0.15, 0.2) is 85.3 Å². The van der Waals surface area contributed by atoms with Gasteiger partial charge in [0.15, 0.2) is 11.5 Å². The highest BCUT2D eigenvalue weighted by Crippen LogP contribution is 2.23. The van der Waals surface area contributed by atoms with E-state index < -0.39 is 0 Å². The number of benzene rings is 2. The molecule has 0 spiro atoms. The first-order valence-corrected chi connectivity index (χ1v) is 5.94. The molecule has 0 radical (unpaired) electrons. The second kappa shape index (κ2) is 6.28. The molecule has 2 aromatic rings. The molecule has 0 fully saturated rings. The van der Waals surface area contributed by atoms with Crippen molar-refractivity contribution in [1.29, 1.82) is 0 Å². The Labute approximate surface area is 113 Å². The summed E-state index contributed by atoms with van der Waals surface area (Å²) in [4.78, 5) is 0. The lowest BCUT2D eigenvalue weighted by Gasteiger charge is -2.10. The van der Waals surface area contributed by atoms with Gasteiger partial charge in [-0.25, -0.2) is 0 Å². The first-order valence-electron chi connectivity index (χ1n) is 5.94. The second-order valence-corrected chi connectivity index (χ2v) is 3.85. The van der Waals surface area contributed by atoms with Gasteiger partial charge in [0, 0.05) is 11.1 Å². The van der Waals surface area contributed by atoms with Crippen LogP contribution in [-0.2, 0) is 4.74 Å². The number of rotatable bonds is 4. The second-order valence-electron chi connectivity index (χ2n) is 3.85. The molecule has 0 saturated heterocycles. The van der Waals surface area contributed by atoms with E-state index in [0.717, 1.165) is 11.1 Å². The van der Waals surface area contributed by atoms with Crippen molar-refractivity contribution in [2.75, 3.05) is 0 Å². The first-order chi connectivity index (χ1) is 9.35. The average Bonchev–Trinajstić information content (AvgIpc) is 2.50. The van der Waals surface area contributed by atoms with Crippen molar-refractivity contribution in [1.82, 2.24) is 0 Å². The summed E-state index contributed by atoms with van der Waals surface area (Å²) in [5.74, 6) is 1.13. The third-order valence-corrected chi connectivity index (χ3v) is 2.60. The van der Waals surface area contributed by atoms with Crippen LogP contribution in [0, 0.1) is 0 Å². The van der Waals surface area contributed by atoms with E-state index in [0.29, 0.717) is 11.5 Å². The molecule has 1 heteroatoms. The van der Waals surface area contributed by atoms with Crippen LogP contribution < -0.4 is 0 Å². The molecule has 0 bridgehead atoms. The van der Waals surface area contributed by atoms with E-state index in [-0.39, 0.29) is 0 Å². The van der Waals surface area contributed by atoms with Crippen molar-refractivity contribution in [2.24, 2.45) is 0 Å². The molecule has 0 aromatic heterocycles. The lowest BCUT2D eigenvalue weighted by Crippen LogP contribution is -1.91. The summed E-state index contributed by atoms with van der Waals surface area (Å²) in [6, 6.07) is 19.4. The topological polar surface area (TPSA) is 9.23 Å². The normalized spacial score (nSPS) is 9.05. The summed E-state index contributed by atoms with van der Waals surface area (Å²) in [7, 11) is 0. The van der Waals surface area contributed by atoms with Gasteiger partial charge in [0.25, 0.3) is 0 Å². The van der Waals surface area contributed by atoms with E-state index in [2.05, 4.69) is 24.6 Å². The molecule has 0 aliphatic heterocycles. The highest BCUT2D eigenvalue weighted by atomic mass is 16.5. The minimum Gasteiger partial charge on any atom is -0.440 e. The van der Waals surface area contributed by atoms with Crippen molar-refractivity contribution in [3.63, 3.8) is 0 Å². The average molecular weight is 246 g/mol. The SMILES string of the molecule is C=C=C(OC(=C=C)c1ccccc1)c1ccccc1. The predicted octanol–water partition coefficient (Wildman–Crippen LogP) is 4.66. The third-order valence-electron chi connectivity index (χ3n) is 2.60. The monoisotopic (exact) mass is 246 g/mol. The van der Waals surface area contributed by atoms with Crippen molar-refractivity contribution >= 4 is 11.5 Å². The molecule has 2 aromatic carbocycles. The Hall–Kier alpha value is -2.72. The maximum Gasteiger partial charge on any atom is 0.177 e. The highest BCUT2D eigenvalue weighted by molar-refractivity contribution is 5.68. The number of ether oxygens (including phenoxy) is 1. The zero-order chi connectivity index (χ0) is 13.5. The van der Waals surface area contributed by atoms with Gasteiger partial charge in [-0.15, -0.1) is 0 Å². The minimum atomic E-state index is 0.565. The van der Waals surface area contributed by atoms with Crippen molar-refractivity contribution < 1.29 is 4.74 Å². The van der Waals surface area contributed by atoms with Crippen molar-refractivity contribution in [2.45, 2.75) is 0 Å². The van der Waals surface area contributed by atoms with Crippen LogP contribution in [0.1, 0.15) is 11.1 Å². The van der Waals surface area contributed by atoms with Gasteiger partial charge >= 0.3 is 0 Å². The Balaban J connectivity index is 2.29. The van der Waals surface area contributed by atoms with Gasteiger partial charge in [0.1, 0.15) is 0 Å². The molecule has 0 N–H and O–H groups in total. The van der Waals surface area contributed by atoms with Crippen molar-refractivity contribution in [3.8, 4) is 0 Å². The van der Waals surface area contributed by atoms with Crippen LogP contribution in [0.2, 0.25) is 0 Å². The zero-order valence-corrected chi connectivity index (χ0v) is 10.6. The smallest absolute Gasteiger partial charge is 0.177 e. The minimum absolute atomic E-state index is 0.565. The lowest BCUT2D eigenvalue weighted by atomic mass is 10.1. The summed E-state index contributed by atoms with van der Waals surface area (Å²) in [6.45, 7) is 7.34. The van der Waals surface area contributed by atoms with E-state index in [1.54, 1.807) is 0 Å². The van der Waals surface area contributed by atoms with Crippen molar-refractivity contribution in [3.05, 3.63) is 96.4 Å². The molecule has 0 aliphatic carbocycles. The summed E-state index contributed by atoms with van der Waals surface area (Å²) in [6.07, 6.45) is 0. The van der Waals surface area contributed by atoms with E-state index >= 15 is 0 Å². The Morgan fingerprint density at radius 1 is 0.684 bits per heavy atom. The van der Waals surface area contributed by atoms with Crippen LogP contribution in [0.5, 0.6) is 0 Å². The molecule has 2 rings (SSSR count). The Kier molecular flexibility index (Phi) is 4.21. The molecule has 0 aliphatic rings. The van der Waals surface area contributed by atoms with Gasteiger partial charge in [-0.3, -0.25) is 0 Å². The van der Waals surface area contributed by atoms with Gasteiger partial charge in [-0.05, 0) is 0 Å². The van der Waals surface area contributed by atoms with Gasteiger partial charge in [0.05, 0.1) is 0 Å². The van der Waals surface area contributed by atoms with Gasteiger partial charge in [-0.2, -0.15) is 0 Å². The molecular weight excluding hydrogens is 232 g/mol. The molecule has 92 valence electrons. The van der Waals surface area contributed by atoms with E-state index in [9.17, 15) is 0 Å². The lowest BCUT2D eigenvalue weighted by molar-refractivity contribution is 0.473. The summed E-state index contributed by atoms with van der Waals surface area (Å²) in [5, 5.41) is 0. The first kappa shape index (κ1) is 12.7. The maximum atomic E-state index is 5.81. The molecule has 0 amide bonds. The molecule has 0 atom stereocenters. The number of hydrogen-bond acceptors (Lipinski definition) is 1. The standard InChI is InChI=1S/C18H14O/c1-3-17(15-11-7-5-8-12-15)19-18(4-2)16-13-9-6-10-14-16/h5-14H,1-2H2. The molecule has 0 heterocycles. The predicted molar refractivity (Wildman–Crippen MR) is 79.1 cm³/mol. The van der Waals surface area contributed by atoms with Crippen LogP contribution in [0.4, 0.5) is 0 Å².